The van der Waals surface area contributed by atoms with Crippen molar-refractivity contribution in [2.45, 2.75) is 170 Å². The van der Waals surface area contributed by atoms with E-state index in [1.54, 1.807) is 6.92 Å². The van der Waals surface area contributed by atoms with Gasteiger partial charge in [0.05, 0.1) is 0 Å². The summed E-state index contributed by atoms with van der Waals surface area (Å²) in [6, 6.07) is 3.32. The van der Waals surface area contributed by atoms with Gasteiger partial charge < -0.3 is 66.7 Å². The molecule has 0 aliphatic carbocycles. The van der Waals surface area contributed by atoms with Gasteiger partial charge in [-0.1, -0.05) is 58.3 Å². The van der Waals surface area contributed by atoms with Crippen molar-refractivity contribution in [3.63, 3.8) is 0 Å². The van der Waals surface area contributed by atoms with Crippen LogP contribution >= 0.6 is 0 Å². The largest absolute Gasteiger partial charge is 1.00 e. The van der Waals surface area contributed by atoms with Crippen molar-refractivity contribution in [3.05, 3.63) is 0 Å². The van der Waals surface area contributed by atoms with Crippen molar-refractivity contribution >= 4 is 44.0 Å². The number of rotatable bonds is 36. The van der Waals surface area contributed by atoms with Crippen LogP contribution in [0.2, 0.25) is 31.2 Å². The molecule has 0 radical (unpaired) electrons. The van der Waals surface area contributed by atoms with Gasteiger partial charge in [0.1, 0.15) is 0 Å². The van der Waals surface area contributed by atoms with Crippen molar-refractivity contribution in [1.82, 2.24) is 30.7 Å². The number of hydrogen-bond acceptors (Lipinski definition) is 11. The monoisotopic (exact) mass is 1020 g/mol. The smallest absolute Gasteiger partial charge is 0.855 e. The van der Waals surface area contributed by atoms with Crippen molar-refractivity contribution in [2.24, 2.45) is 0 Å². The van der Waals surface area contributed by atoms with Crippen LogP contribution in [-0.2, 0) is 31.0 Å². The summed E-state index contributed by atoms with van der Waals surface area (Å²) in [6.45, 7) is 32.5. The van der Waals surface area contributed by atoms with E-state index in [2.05, 4.69) is 42.9 Å². The number of nitrogens with one attached hydrogen (secondary N) is 3. The summed E-state index contributed by atoms with van der Waals surface area (Å²) in [5.41, 5.74) is 0. The van der Waals surface area contributed by atoms with Crippen LogP contribution in [0.1, 0.15) is 139 Å². The van der Waals surface area contributed by atoms with E-state index in [4.69, 9.17) is 36.1 Å². The zero-order valence-electron chi connectivity index (χ0n) is 44.7. The van der Waals surface area contributed by atoms with E-state index in [0.29, 0.717) is 19.8 Å². The van der Waals surface area contributed by atoms with Crippen molar-refractivity contribution in [3.8, 4) is 0 Å². The molecule has 3 heterocycles. The van der Waals surface area contributed by atoms with E-state index in [9.17, 15) is 14.4 Å². The maximum atomic E-state index is 11.4. The molecule has 0 bridgehead atoms. The van der Waals surface area contributed by atoms with Crippen LogP contribution in [0.5, 0.6) is 0 Å². The standard InChI is InChI=1S/C19H44O5Si2.C14H30N2O3Si.C11H20N4O2.C2H5O.Na/c1-7-20-25(6,21-8-2)18-16-14-12-13-15-17-19-26(22-9-3,23-10-4)24-11-5;1-4-18-20(3,19-5-2)13-9-7-6-8-11-16-12-10-15-14(16)17;16-10-12-4-8-14(10)6-2-1-3-7-15-9-5-13-11(15)17;1-2-3;/h7-19H2,1-6H3;4-13H2,1-3H3,(H,15,17);1-9H2,(H,12,16)(H,13,17);2H2,1H3;/q;;;-1;+1. The van der Waals surface area contributed by atoms with E-state index in [1.165, 1.54) is 44.9 Å². The molecule has 0 spiro atoms. The molecule has 0 saturated carbocycles. The average molecular weight is 1020 g/mol. The van der Waals surface area contributed by atoms with Gasteiger partial charge in [-0.15, -0.1) is 6.61 Å². The number of carbonyl (C=O) groups is 3. The van der Waals surface area contributed by atoms with E-state index in [-0.39, 0.29) is 54.3 Å². The molecule has 6 amide bonds. The summed E-state index contributed by atoms with van der Waals surface area (Å²) in [6.07, 6.45) is 15.1. The van der Waals surface area contributed by atoms with E-state index in [0.717, 1.165) is 142 Å². The second kappa shape index (κ2) is 43.9. The molecule has 0 aromatic rings. The molecule has 17 nitrogen and oxygen atoms in total. The Balaban J connectivity index is 0. The number of urea groups is 3. The van der Waals surface area contributed by atoms with Crippen LogP contribution in [0, 0.1) is 0 Å². The van der Waals surface area contributed by atoms with Gasteiger partial charge in [-0.3, -0.25) is 0 Å². The van der Waals surface area contributed by atoms with Gasteiger partial charge in [-0.25, -0.2) is 14.4 Å². The maximum Gasteiger partial charge on any atom is 1.00 e. The molecule has 21 heteroatoms. The average Bonchev–Trinajstić information content (AvgIpc) is 4.01. The molecule has 0 unspecified atom stereocenters. The number of carbonyl (C=O) groups excluding carboxylic acids is 3. The van der Waals surface area contributed by atoms with Crippen LogP contribution in [0.15, 0.2) is 0 Å². The summed E-state index contributed by atoms with van der Waals surface area (Å²) in [7, 11) is -6.28. The third-order valence-corrected chi connectivity index (χ3v) is 20.5. The van der Waals surface area contributed by atoms with Crippen LogP contribution < -0.4 is 50.6 Å². The Kier molecular flexibility index (Phi) is 44.7. The first-order valence-electron chi connectivity index (χ1n) is 25.9. The molecule has 3 aliphatic rings. The van der Waals surface area contributed by atoms with Gasteiger partial charge in [0, 0.05) is 111 Å². The third-order valence-electron chi connectivity index (χ3n) is 11.3. The minimum absolute atomic E-state index is 0. The molecular weight excluding hydrogens is 920 g/mol. The molecule has 0 aromatic carbocycles. The maximum absolute atomic E-state index is 11.4. The second-order valence-corrected chi connectivity index (χ2v) is 26.2. The van der Waals surface area contributed by atoms with Gasteiger partial charge in [0.25, 0.3) is 0 Å². The Morgan fingerprint density at radius 1 is 0.418 bits per heavy atom. The Hall–Kier alpha value is -0.859. The zero-order chi connectivity index (χ0) is 49.4. The number of unbranched alkanes of at least 4 members (excludes halogenated alkanes) is 10. The first-order chi connectivity index (χ1) is 31.8. The Bertz CT molecular complexity index is 1160. The molecule has 3 N–H and O–H groups in total. The predicted octanol–water partition coefficient (Wildman–Crippen LogP) is 4.82. The summed E-state index contributed by atoms with van der Waals surface area (Å²) in [5.74, 6) is 0. The van der Waals surface area contributed by atoms with E-state index in [1.807, 2.05) is 49.3 Å². The van der Waals surface area contributed by atoms with Gasteiger partial charge in [0.15, 0.2) is 0 Å². The number of nitrogens with zero attached hydrogens (tertiary/aromatic N) is 3. The molecule has 0 atom stereocenters. The van der Waals surface area contributed by atoms with Gasteiger partial charge >= 0.3 is 73.6 Å². The first-order valence-corrected chi connectivity index (χ1v) is 32.9. The van der Waals surface area contributed by atoms with Crippen LogP contribution in [0.3, 0.4) is 0 Å². The fourth-order valence-electron chi connectivity index (χ4n) is 8.15. The molecule has 67 heavy (non-hydrogen) atoms. The van der Waals surface area contributed by atoms with Crippen molar-refractivity contribution in [2.75, 3.05) is 112 Å². The topological polar surface area (TPSA) is 185 Å². The summed E-state index contributed by atoms with van der Waals surface area (Å²) in [5, 5.41) is 17.3. The normalized spacial score (nSPS) is 14.9. The minimum Gasteiger partial charge on any atom is -0.855 e. The molecule has 0 aromatic heterocycles. The van der Waals surface area contributed by atoms with Gasteiger partial charge in [0.2, 0.25) is 0 Å². The van der Waals surface area contributed by atoms with Crippen LogP contribution in [0.25, 0.3) is 0 Å². The quantitative estimate of drug-likeness (QED) is 0.0578. The molecule has 3 aliphatic heterocycles. The molecule has 3 rings (SSSR count). The molecule has 3 saturated heterocycles. The zero-order valence-corrected chi connectivity index (χ0v) is 49.7. The fourth-order valence-corrected chi connectivity index (χ4v) is 15.8. The summed E-state index contributed by atoms with van der Waals surface area (Å²) < 4.78 is 41.2. The van der Waals surface area contributed by atoms with Gasteiger partial charge in [-0.2, -0.15) is 0 Å². The fraction of sp³-hybridized carbons (Fsp3) is 0.935. The van der Waals surface area contributed by atoms with Crippen LogP contribution in [0.4, 0.5) is 14.4 Å². The SMILES string of the molecule is CCO[Si](C)(CCCCCCCC[Si](OCC)(OCC)OCC)OCC.CCO[Si](C)(CCCCCCN1CCNC1=O)OCC.CC[O-].O=C1NCCN1CCCCCN1CCNC1=O.[Na+]. The van der Waals surface area contributed by atoms with Crippen molar-refractivity contribution < 1.29 is 80.0 Å². The summed E-state index contributed by atoms with van der Waals surface area (Å²) in [4.78, 5) is 39.4. The Morgan fingerprint density at radius 3 is 0.910 bits per heavy atom. The Labute approximate surface area is 434 Å². The molecule has 392 valence electrons. The number of amides is 6. The van der Waals surface area contributed by atoms with Gasteiger partial charge in [-0.05, 0) is 106 Å². The number of hydrogen-bond donors (Lipinski definition) is 3. The van der Waals surface area contributed by atoms with Crippen molar-refractivity contribution in [1.29, 1.82) is 0 Å². The molecule has 3 fully saturated rings. The summed E-state index contributed by atoms with van der Waals surface area (Å²) >= 11 is 0. The minimum atomic E-state index is -2.44. The third kappa shape index (κ3) is 33.4. The molecular formula is C46H99N6NaO11Si3. The second-order valence-electron chi connectivity index (χ2n) is 16.8. The van der Waals surface area contributed by atoms with Crippen LogP contribution in [-0.4, -0.2) is 170 Å². The Morgan fingerprint density at radius 2 is 0.657 bits per heavy atom. The predicted molar refractivity (Wildman–Crippen MR) is 270 cm³/mol. The first kappa shape index (κ1) is 68.2. The van der Waals surface area contributed by atoms with E-state index >= 15 is 0 Å². The van der Waals surface area contributed by atoms with E-state index < -0.39 is 25.9 Å².